The summed E-state index contributed by atoms with van der Waals surface area (Å²) in [7, 11) is 0. The van der Waals surface area contributed by atoms with Crippen molar-refractivity contribution in [2.75, 3.05) is 11.4 Å². The zero-order chi connectivity index (χ0) is 15.6. The molecule has 1 unspecified atom stereocenters. The lowest BCUT2D eigenvalue weighted by Crippen LogP contribution is -2.35. The Hall–Kier alpha value is -1.16. The molecular formula is C17H26F2N2. The van der Waals surface area contributed by atoms with Gasteiger partial charge in [-0.3, -0.25) is 0 Å². The van der Waals surface area contributed by atoms with Crippen LogP contribution in [0.5, 0.6) is 0 Å². The van der Waals surface area contributed by atoms with Crippen LogP contribution in [0, 0.1) is 11.6 Å². The number of nitrogens with zero attached hydrogens (tertiary/aromatic N) is 1. The maximum atomic E-state index is 14.4. The molecule has 1 aromatic carbocycles. The third-order valence-corrected chi connectivity index (χ3v) is 4.04. The number of anilines is 1. The third-order valence-electron chi connectivity index (χ3n) is 4.04. The molecule has 0 radical (unpaired) electrons. The lowest BCUT2D eigenvalue weighted by atomic mass is 10.1. The highest BCUT2D eigenvalue weighted by Gasteiger charge is 2.28. The molecule has 1 aromatic rings. The molecule has 0 aliphatic carbocycles. The number of nitrogens with one attached hydrogen (secondary N) is 1. The molecule has 4 heteroatoms. The molecule has 1 atom stereocenters. The number of hydrogen-bond acceptors (Lipinski definition) is 2. The van der Waals surface area contributed by atoms with Gasteiger partial charge in [-0.2, -0.15) is 0 Å². The second kappa shape index (κ2) is 6.30. The maximum Gasteiger partial charge on any atom is 0.149 e. The van der Waals surface area contributed by atoms with Gasteiger partial charge >= 0.3 is 0 Å². The van der Waals surface area contributed by atoms with Crippen LogP contribution in [0.4, 0.5) is 14.5 Å². The van der Waals surface area contributed by atoms with Crippen LogP contribution >= 0.6 is 0 Å². The minimum absolute atomic E-state index is 0.0755. The van der Waals surface area contributed by atoms with E-state index in [1.807, 2.05) is 25.7 Å². The van der Waals surface area contributed by atoms with E-state index in [1.54, 1.807) is 0 Å². The van der Waals surface area contributed by atoms with Crippen molar-refractivity contribution in [1.82, 2.24) is 5.32 Å². The molecule has 1 saturated heterocycles. The Balaban J connectivity index is 2.21. The minimum Gasteiger partial charge on any atom is -0.364 e. The van der Waals surface area contributed by atoms with E-state index >= 15 is 0 Å². The normalized spacial score (nSPS) is 19.3. The first-order valence-corrected chi connectivity index (χ1v) is 7.81. The second-order valence-electron chi connectivity index (χ2n) is 6.91. The van der Waals surface area contributed by atoms with Crippen molar-refractivity contribution < 1.29 is 8.78 Å². The maximum absolute atomic E-state index is 14.4. The summed E-state index contributed by atoms with van der Waals surface area (Å²) < 4.78 is 28.8. The molecule has 2 rings (SSSR count). The number of benzene rings is 1. The van der Waals surface area contributed by atoms with Crippen molar-refractivity contribution in [2.45, 2.75) is 65.1 Å². The van der Waals surface area contributed by atoms with E-state index < -0.39 is 11.6 Å². The molecule has 1 aliphatic rings. The highest BCUT2D eigenvalue weighted by molar-refractivity contribution is 5.52. The van der Waals surface area contributed by atoms with Crippen molar-refractivity contribution in [3.63, 3.8) is 0 Å². The predicted molar refractivity (Wildman–Crippen MR) is 83.6 cm³/mol. The highest BCUT2D eigenvalue weighted by Crippen LogP contribution is 2.32. The SMILES string of the molecule is CCC1CCCN1c1c(F)cc(CNC(C)(C)C)cc1F. The Morgan fingerprint density at radius 2 is 1.86 bits per heavy atom. The van der Waals surface area contributed by atoms with Crippen LogP contribution in [-0.4, -0.2) is 18.1 Å². The molecular weight excluding hydrogens is 270 g/mol. The van der Waals surface area contributed by atoms with Crippen molar-refractivity contribution in [2.24, 2.45) is 0 Å². The van der Waals surface area contributed by atoms with Crippen LogP contribution < -0.4 is 10.2 Å². The average molecular weight is 296 g/mol. The van der Waals surface area contributed by atoms with Crippen molar-refractivity contribution in [3.8, 4) is 0 Å². The van der Waals surface area contributed by atoms with E-state index in [2.05, 4.69) is 12.2 Å². The van der Waals surface area contributed by atoms with E-state index in [0.29, 0.717) is 12.1 Å². The fourth-order valence-electron chi connectivity index (χ4n) is 2.92. The molecule has 1 fully saturated rings. The molecule has 1 N–H and O–H groups in total. The first-order chi connectivity index (χ1) is 9.81. The lowest BCUT2D eigenvalue weighted by Gasteiger charge is -2.27. The van der Waals surface area contributed by atoms with Gasteiger partial charge in [0.1, 0.15) is 17.3 Å². The first-order valence-electron chi connectivity index (χ1n) is 7.81. The summed E-state index contributed by atoms with van der Waals surface area (Å²) in [6.45, 7) is 9.37. The van der Waals surface area contributed by atoms with Crippen molar-refractivity contribution in [1.29, 1.82) is 0 Å². The molecule has 0 amide bonds. The smallest absolute Gasteiger partial charge is 0.149 e. The third kappa shape index (κ3) is 3.94. The van der Waals surface area contributed by atoms with E-state index in [-0.39, 0.29) is 17.3 Å². The Labute approximate surface area is 126 Å². The summed E-state index contributed by atoms with van der Waals surface area (Å²) in [6, 6.07) is 3.18. The largest absolute Gasteiger partial charge is 0.364 e. The Morgan fingerprint density at radius 1 is 1.24 bits per heavy atom. The van der Waals surface area contributed by atoms with Gasteiger partial charge in [-0.1, -0.05) is 6.92 Å². The summed E-state index contributed by atoms with van der Waals surface area (Å²) in [6.07, 6.45) is 2.94. The van der Waals surface area contributed by atoms with Gasteiger partial charge < -0.3 is 10.2 Å². The van der Waals surface area contributed by atoms with Gasteiger partial charge in [0, 0.05) is 24.7 Å². The summed E-state index contributed by atoms with van der Waals surface area (Å²) in [5.41, 5.74) is 0.725. The molecule has 118 valence electrons. The second-order valence-corrected chi connectivity index (χ2v) is 6.91. The van der Waals surface area contributed by atoms with Gasteiger partial charge in [-0.05, 0) is 57.7 Å². The molecule has 1 heterocycles. The van der Waals surface area contributed by atoms with Crippen molar-refractivity contribution in [3.05, 3.63) is 29.3 Å². The summed E-state index contributed by atoms with van der Waals surface area (Å²) in [4.78, 5) is 1.89. The van der Waals surface area contributed by atoms with E-state index in [0.717, 1.165) is 25.8 Å². The fraction of sp³-hybridized carbons (Fsp3) is 0.647. The van der Waals surface area contributed by atoms with Crippen LogP contribution in [0.1, 0.15) is 52.5 Å². The van der Waals surface area contributed by atoms with Gasteiger partial charge in [-0.25, -0.2) is 8.78 Å². The lowest BCUT2D eigenvalue weighted by molar-refractivity contribution is 0.422. The van der Waals surface area contributed by atoms with Crippen LogP contribution in [0.25, 0.3) is 0 Å². The molecule has 21 heavy (non-hydrogen) atoms. The summed E-state index contributed by atoms with van der Waals surface area (Å²) in [5.74, 6) is -0.887. The standard InChI is InChI=1S/C17H26F2N2/c1-5-13-7-6-8-21(13)16-14(18)9-12(10-15(16)19)11-20-17(2,3)4/h9-10,13,20H,5-8,11H2,1-4H3. The summed E-state index contributed by atoms with van der Waals surface area (Å²) in [5, 5.41) is 3.25. The van der Waals surface area contributed by atoms with Crippen LogP contribution in [0.2, 0.25) is 0 Å². The number of halogens is 2. The topological polar surface area (TPSA) is 15.3 Å². The van der Waals surface area contributed by atoms with Crippen LogP contribution in [0.3, 0.4) is 0 Å². The Bertz CT molecular complexity index is 471. The van der Waals surface area contributed by atoms with Gasteiger partial charge in [0.2, 0.25) is 0 Å². The van der Waals surface area contributed by atoms with Gasteiger partial charge in [0.05, 0.1) is 0 Å². The first kappa shape index (κ1) is 16.2. The van der Waals surface area contributed by atoms with Gasteiger partial charge in [-0.15, -0.1) is 0 Å². The van der Waals surface area contributed by atoms with Crippen molar-refractivity contribution >= 4 is 5.69 Å². The van der Waals surface area contributed by atoms with Gasteiger partial charge in [0.15, 0.2) is 0 Å². The summed E-state index contributed by atoms with van der Waals surface area (Å²) >= 11 is 0. The molecule has 0 aromatic heterocycles. The molecule has 1 aliphatic heterocycles. The van der Waals surface area contributed by atoms with Gasteiger partial charge in [0.25, 0.3) is 0 Å². The van der Waals surface area contributed by atoms with E-state index in [4.69, 9.17) is 0 Å². The quantitative estimate of drug-likeness (QED) is 0.894. The number of hydrogen-bond donors (Lipinski definition) is 1. The molecule has 0 saturated carbocycles. The Morgan fingerprint density at radius 3 is 2.38 bits per heavy atom. The fourth-order valence-corrected chi connectivity index (χ4v) is 2.92. The minimum atomic E-state index is -0.443. The van der Waals surface area contributed by atoms with E-state index in [9.17, 15) is 8.78 Å². The molecule has 0 spiro atoms. The highest BCUT2D eigenvalue weighted by atomic mass is 19.1. The average Bonchev–Trinajstić information content (AvgIpc) is 2.83. The monoisotopic (exact) mass is 296 g/mol. The number of rotatable bonds is 4. The predicted octanol–water partition coefficient (Wildman–Crippen LogP) is 4.23. The molecule has 2 nitrogen and oxygen atoms in total. The zero-order valence-electron chi connectivity index (χ0n) is 13.5. The van der Waals surface area contributed by atoms with Crippen LogP contribution in [-0.2, 0) is 6.54 Å². The zero-order valence-corrected chi connectivity index (χ0v) is 13.5. The van der Waals surface area contributed by atoms with Crippen LogP contribution in [0.15, 0.2) is 12.1 Å². The Kier molecular flexibility index (Phi) is 4.87. The molecule has 0 bridgehead atoms. The van der Waals surface area contributed by atoms with E-state index in [1.165, 1.54) is 12.1 Å².